The zero-order chi connectivity index (χ0) is 16.4. The van der Waals surface area contributed by atoms with Gasteiger partial charge in [0.15, 0.2) is 5.82 Å². The number of benzene rings is 1. The molecule has 1 aromatic carbocycles. The van der Waals surface area contributed by atoms with Crippen LogP contribution in [0.2, 0.25) is 0 Å². The number of rotatable bonds is 4. The van der Waals surface area contributed by atoms with Crippen LogP contribution in [0, 0.1) is 13.8 Å². The minimum atomic E-state index is -0.835. The number of hydrogen-bond donors (Lipinski definition) is 2. The molecule has 2 aromatic rings. The Labute approximate surface area is 136 Å². The number of aryl methyl sites for hydroxylation is 2. The summed E-state index contributed by atoms with van der Waals surface area (Å²) in [6, 6.07) is 9.91. The van der Waals surface area contributed by atoms with Crippen molar-refractivity contribution in [2.24, 2.45) is 0 Å². The van der Waals surface area contributed by atoms with E-state index >= 15 is 0 Å². The zero-order valence-electron chi connectivity index (χ0n) is 13.7. The van der Waals surface area contributed by atoms with Gasteiger partial charge in [0.1, 0.15) is 0 Å². The van der Waals surface area contributed by atoms with E-state index in [1.54, 1.807) is 4.68 Å². The maximum Gasteiger partial charge on any atom is 0.228 e. The quantitative estimate of drug-likeness (QED) is 0.911. The van der Waals surface area contributed by atoms with Crippen molar-refractivity contribution < 1.29 is 9.90 Å². The first-order valence-electron chi connectivity index (χ1n) is 8.11. The SMILES string of the molecule is Cc1ccc(-n2nc(NC(=O)CC3(O)CCCC3)cc2C)cc1. The zero-order valence-corrected chi connectivity index (χ0v) is 13.7. The molecular weight excluding hydrogens is 290 g/mol. The Morgan fingerprint density at radius 1 is 1.26 bits per heavy atom. The summed E-state index contributed by atoms with van der Waals surface area (Å²) in [5.41, 5.74) is 2.27. The molecule has 5 nitrogen and oxygen atoms in total. The third-order valence-corrected chi connectivity index (χ3v) is 4.46. The van der Waals surface area contributed by atoms with Gasteiger partial charge in [0, 0.05) is 11.8 Å². The second kappa shape index (κ2) is 6.16. The van der Waals surface area contributed by atoms with Crippen molar-refractivity contribution in [2.45, 2.75) is 51.6 Å². The molecule has 1 fully saturated rings. The summed E-state index contributed by atoms with van der Waals surface area (Å²) in [4.78, 5) is 12.2. The van der Waals surface area contributed by atoms with Crippen molar-refractivity contribution in [3.8, 4) is 5.69 Å². The molecule has 0 saturated heterocycles. The van der Waals surface area contributed by atoms with Crippen LogP contribution in [0.15, 0.2) is 30.3 Å². The van der Waals surface area contributed by atoms with Gasteiger partial charge in [-0.2, -0.15) is 0 Å². The summed E-state index contributed by atoms with van der Waals surface area (Å²) in [6.07, 6.45) is 3.54. The minimum absolute atomic E-state index is 0.142. The van der Waals surface area contributed by atoms with Crippen LogP contribution in [-0.2, 0) is 4.79 Å². The van der Waals surface area contributed by atoms with Crippen molar-refractivity contribution in [3.05, 3.63) is 41.6 Å². The van der Waals surface area contributed by atoms with Gasteiger partial charge in [-0.05, 0) is 38.8 Å². The lowest BCUT2D eigenvalue weighted by molar-refractivity contribution is -0.120. The fourth-order valence-electron chi connectivity index (χ4n) is 3.18. The Morgan fingerprint density at radius 3 is 2.57 bits per heavy atom. The molecule has 1 aliphatic carbocycles. The Kier molecular flexibility index (Phi) is 4.22. The Bertz CT molecular complexity index is 698. The molecule has 5 heteroatoms. The molecule has 0 bridgehead atoms. The largest absolute Gasteiger partial charge is 0.389 e. The number of nitrogens with one attached hydrogen (secondary N) is 1. The standard InChI is InChI=1S/C18H23N3O2/c1-13-5-7-15(8-6-13)21-14(2)11-16(20-21)19-17(22)12-18(23)9-3-4-10-18/h5-8,11,23H,3-4,9-10,12H2,1-2H3,(H,19,20,22). The number of carbonyl (C=O) groups excluding carboxylic acids is 1. The minimum Gasteiger partial charge on any atom is -0.389 e. The van der Waals surface area contributed by atoms with Gasteiger partial charge in [-0.15, -0.1) is 5.10 Å². The molecule has 1 amide bonds. The van der Waals surface area contributed by atoms with Gasteiger partial charge >= 0.3 is 0 Å². The Balaban J connectivity index is 1.70. The average molecular weight is 313 g/mol. The number of amides is 1. The van der Waals surface area contributed by atoms with Crippen LogP contribution in [0.3, 0.4) is 0 Å². The molecule has 1 aromatic heterocycles. The third-order valence-electron chi connectivity index (χ3n) is 4.46. The molecule has 3 rings (SSSR count). The van der Waals surface area contributed by atoms with Gasteiger partial charge < -0.3 is 10.4 Å². The summed E-state index contributed by atoms with van der Waals surface area (Å²) in [5.74, 6) is 0.345. The summed E-state index contributed by atoms with van der Waals surface area (Å²) in [6.45, 7) is 3.99. The first-order chi connectivity index (χ1) is 11.0. The van der Waals surface area contributed by atoms with Gasteiger partial charge in [0.05, 0.1) is 17.7 Å². The second-order valence-electron chi connectivity index (χ2n) is 6.57. The number of hydrogen-bond acceptors (Lipinski definition) is 3. The van der Waals surface area contributed by atoms with E-state index in [4.69, 9.17) is 0 Å². The number of anilines is 1. The molecule has 2 N–H and O–H groups in total. The summed E-state index contributed by atoms with van der Waals surface area (Å²) >= 11 is 0. The van der Waals surface area contributed by atoms with E-state index in [0.717, 1.165) is 24.2 Å². The van der Waals surface area contributed by atoms with Crippen LogP contribution >= 0.6 is 0 Å². The summed E-state index contributed by atoms with van der Waals surface area (Å²) in [5, 5.41) is 17.6. The normalized spacial score (nSPS) is 16.5. The molecular formula is C18H23N3O2. The van der Waals surface area contributed by atoms with Crippen molar-refractivity contribution in [1.82, 2.24) is 9.78 Å². The van der Waals surface area contributed by atoms with Crippen molar-refractivity contribution in [1.29, 1.82) is 0 Å². The fourth-order valence-corrected chi connectivity index (χ4v) is 3.18. The van der Waals surface area contributed by atoms with Gasteiger partial charge in [-0.3, -0.25) is 4.79 Å². The van der Waals surface area contributed by atoms with E-state index in [2.05, 4.69) is 10.4 Å². The van der Waals surface area contributed by atoms with Crippen LogP contribution in [0.5, 0.6) is 0 Å². The highest BCUT2D eigenvalue weighted by Crippen LogP contribution is 2.32. The van der Waals surface area contributed by atoms with Crippen molar-refractivity contribution in [3.63, 3.8) is 0 Å². The van der Waals surface area contributed by atoms with Crippen LogP contribution in [0.25, 0.3) is 5.69 Å². The molecule has 1 heterocycles. The van der Waals surface area contributed by atoms with E-state index in [9.17, 15) is 9.90 Å². The number of nitrogens with zero attached hydrogens (tertiary/aromatic N) is 2. The molecule has 122 valence electrons. The van der Waals surface area contributed by atoms with Gasteiger partial charge in [0.25, 0.3) is 0 Å². The number of aliphatic hydroxyl groups is 1. The van der Waals surface area contributed by atoms with Crippen LogP contribution in [0.4, 0.5) is 5.82 Å². The highest BCUT2D eigenvalue weighted by molar-refractivity contribution is 5.90. The molecule has 0 unspecified atom stereocenters. The molecule has 23 heavy (non-hydrogen) atoms. The van der Waals surface area contributed by atoms with E-state index in [0.29, 0.717) is 18.7 Å². The maximum atomic E-state index is 12.2. The van der Waals surface area contributed by atoms with E-state index < -0.39 is 5.60 Å². The summed E-state index contributed by atoms with van der Waals surface area (Å²) < 4.78 is 1.80. The number of aromatic nitrogens is 2. The van der Waals surface area contributed by atoms with E-state index in [-0.39, 0.29) is 12.3 Å². The first kappa shape index (κ1) is 15.7. The molecule has 0 spiro atoms. The van der Waals surface area contributed by atoms with Crippen LogP contribution < -0.4 is 5.32 Å². The lowest BCUT2D eigenvalue weighted by Crippen LogP contribution is -2.30. The molecule has 1 saturated carbocycles. The monoisotopic (exact) mass is 313 g/mol. The van der Waals surface area contributed by atoms with Crippen molar-refractivity contribution >= 4 is 11.7 Å². The van der Waals surface area contributed by atoms with Crippen LogP contribution in [-0.4, -0.2) is 26.4 Å². The van der Waals surface area contributed by atoms with E-state index in [1.165, 1.54) is 5.56 Å². The number of carbonyl (C=O) groups is 1. The predicted octanol–water partition coefficient (Wildman–Crippen LogP) is 3.12. The Hall–Kier alpha value is -2.14. The maximum absolute atomic E-state index is 12.2. The third kappa shape index (κ3) is 3.62. The van der Waals surface area contributed by atoms with Crippen LogP contribution in [0.1, 0.15) is 43.4 Å². The molecule has 0 atom stereocenters. The topological polar surface area (TPSA) is 67.2 Å². The molecule has 0 aliphatic heterocycles. The van der Waals surface area contributed by atoms with Gasteiger partial charge in [-0.25, -0.2) is 4.68 Å². The average Bonchev–Trinajstić information content (AvgIpc) is 3.06. The highest BCUT2D eigenvalue weighted by atomic mass is 16.3. The molecule has 0 radical (unpaired) electrons. The second-order valence-corrected chi connectivity index (χ2v) is 6.57. The lowest BCUT2D eigenvalue weighted by atomic mass is 9.98. The highest BCUT2D eigenvalue weighted by Gasteiger charge is 2.33. The van der Waals surface area contributed by atoms with Crippen molar-refractivity contribution in [2.75, 3.05) is 5.32 Å². The smallest absolute Gasteiger partial charge is 0.228 e. The Morgan fingerprint density at radius 2 is 1.91 bits per heavy atom. The van der Waals surface area contributed by atoms with Gasteiger partial charge in [0.2, 0.25) is 5.91 Å². The predicted molar refractivity (Wildman–Crippen MR) is 89.7 cm³/mol. The molecule has 1 aliphatic rings. The lowest BCUT2D eigenvalue weighted by Gasteiger charge is -2.20. The van der Waals surface area contributed by atoms with E-state index in [1.807, 2.05) is 44.2 Å². The fraction of sp³-hybridized carbons (Fsp3) is 0.444. The summed E-state index contributed by atoms with van der Waals surface area (Å²) in [7, 11) is 0. The first-order valence-corrected chi connectivity index (χ1v) is 8.11. The van der Waals surface area contributed by atoms with Gasteiger partial charge in [-0.1, -0.05) is 30.5 Å².